The molecule has 1 fully saturated rings. The number of aliphatic hydroxyl groups excluding tert-OH is 9. The van der Waals surface area contributed by atoms with Crippen molar-refractivity contribution in [2.45, 2.75) is 48.8 Å². The second-order valence-corrected chi connectivity index (χ2v) is 5.24. The number of cyclic esters (lactones) is 1. The van der Waals surface area contributed by atoms with E-state index in [2.05, 4.69) is 10.6 Å². The summed E-state index contributed by atoms with van der Waals surface area (Å²) in [5.74, 6) is 1.13. The van der Waals surface area contributed by atoms with Gasteiger partial charge in [-0.25, -0.2) is 16.2 Å². The van der Waals surface area contributed by atoms with Crippen molar-refractivity contribution in [3.8, 4) is 0 Å². The number of aliphatic hydroxyl groups is 9. The lowest BCUT2D eigenvalue weighted by Gasteiger charge is -2.32. The van der Waals surface area contributed by atoms with Gasteiger partial charge in [0.1, 0.15) is 30.5 Å². The van der Waals surface area contributed by atoms with Gasteiger partial charge in [-0.3, -0.25) is 10.0 Å². The van der Waals surface area contributed by atoms with Gasteiger partial charge in [-0.2, -0.15) is 0 Å². The number of amides is 1. The molecule has 1 rings (SSSR count). The summed E-state index contributed by atoms with van der Waals surface area (Å²) in [6.07, 6.45) is -13.6. The van der Waals surface area contributed by atoms with Gasteiger partial charge < -0.3 is 55.9 Å². The van der Waals surface area contributed by atoms with E-state index in [0.717, 1.165) is 5.48 Å². The number of hydrogen-bond acceptors (Lipinski definition) is 15. The average molecular weight is 422 g/mol. The maximum Gasteiger partial charge on any atom is 0.338 e. The summed E-state index contributed by atoms with van der Waals surface area (Å²) in [5, 5.41) is 94.3. The van der Waals surface area contributed by atoms with Crippen LogP contribution in [-0.4, -0.2) is 130 Å². The Labute approximate surface area is 157 Å². The predicted octanol–water partition coefficient (Wildman–Crippen LogP) is -7.75. The molecule has 14 N–H and O–H groups in total. The number of ether oxygens (including phenoxy) is 1. The molecule has 168 valence electrons. The van der Waals surface area contributed by atoms with Crippen molar-refractivity contribution in [1.29, 1.82) is 0 Å². The molecule has 8 atom stereocenters. The average Bonchev–Trinajstić information content (AvgIpc) is 2.73. The summed E-state index contributed by atoms with van der Waals surface area (Å²) in [5.41, 5.74) is 1.05. The first kappa shape index (κ1) is 28.7. The molecule has 1 amide bonds. The van der Waals surface area contributed by atoms with Gasteiger partial charge in [-0.1, -0.05) is 0 Å². The molecular weight excluding hydrogens is 396 g/mol. The van der Waals surface area contributed by atoms with Gasteiger partial charge in [-0.15, -0.1) is 0 Å². The lowest BCUT2D eigenvalue weighted by Crippen LogP contribution is -2.56. The fourth-order valence-electron chi connectivity index (χ4n) is 1.72. The number of hydrogen-bond donors (Lipinski definition) is 13. The van der Waals surface area contributed by atoms with Crippen LogP contribution in [0.4, 0.5) is 0 Å². The molecule has 1 aliphatic heterocycles. The van der Waals surface area contributed by atoms with Crippen LogP contribution in [0.2, 0.25) is 0 Å². The molecule has 1 heterocycles. The molecule has 0 spiro atoms. The van der Waals surface area contributed by atoms with E-state index in [1.165, 1.54) is 0 Å². The molecule has 0 unspecified atom stereocenters. The lowest BCUT2D eigenvalue weighted by atomic mass is 10.0. The van der Waals surface area contributed by atoms with Crippen LogP contribution in [-0.2, 0) is 14.3 Å². The third kappa shape index (κ3) is 8.22. The Morgan fingerprint density at radius 1 is 1.04 bits per heavy atom. The normalized spacial score (nSPS) is 28.2. The fraction of sp³-hybridized carbons (Fsp3) is 0.833. The zero-order chi connectivity index (χ0) is 22.6. The van der Waals surface area contributed by atoms with Gasteiger partial charge in [-0.05, 0) is 0 Å². The minimum Gasteiger partial charge on any atom is -0.455 e. The fourth-order valence-corrected chi connectivity index (χ4v) is 1.72. The van der Waals surface area contributed by atoms with E-state index in [1.54, 1.807) is 0 Å². The maximum absolute atomic E-state index is 10.7. The van der Waals surface area contributed by atoms with Crippen molar-refractivity contribution in [2.24, 2.45) is 5.90 Å². The van der Waals surface area contributed by atoms with Crippen molar-refractivity contribution in [2.75, 3.05) is 13.2 Å². The Morgan fingerprint density at radius 3 is 1.93 bits per heavy atom. The third-order valence-corrected chi connectivity index (χ3v) is 3.38. The highest BCUT2D eigenvalue weighted by Crippen LogP contribution is 2.15. The van der Waals surface area contributed by atoms with Gasteiger partial charge in [0, 0.05) is 0 Å². The highest BCUT2D eigenvalue weighted by atomic mass is 16.6. The first-order chi connectivity index (χ1) is 13.0. The molecule has 28 heavy (non-hydrogen) atoms. The number of carbonyl (C=O) groups excluding carboxylic acids is 2. The summed E-state index contributed by atoms with van der Waals surface area (Å²) in [6, 6.07) is 0. The van der Waals surface area contributed by atoms with E-state index in [-0.39, 0.29) is 0 Å². The Kier molecular flexibility index (Phi) is 14.8. The third-order valence-electron chi connectivity index (χ3n) is 3.38. The molecule has 0 radical (unpaired) electrons. The minimum atomic E-state index is -2.10. The van der Waals surface area contributed by atoms with Crippen molar-refractivity contribution in [3.05, 3.63) is 0 Å². The predicted molar refractivity (Wildman–Crippen MR) is 82.0 cm³/mol. The molecule has 0 bridgehead atoms. The topological polar surface area (TPSA) is 304 Å². The molecule has 0 aromatic carbocycles. The quantitative estimate of drug-likeness (QED) is 0.107. The van der Waals surface area contributed by atoms with Crippen LogP contribution in [0.15, 0.2) is 0 Å². The first-order valence-electron chi connectivity index (χ1n) is 7.41. The Balaban J connectivity index is 0. The van der Waals surface area contributed by atoms with E-state index in [0.29, 0.717) is 0 Å². The van der Waals surface area contributed by atoms with Gasteiger partial charge in [0.2, 0.25) is 0 Å². The van der Waals surface area contributed by atoms with Crippen LogP contribution in [0.25, 0.3) is 0 Å². The van der Waals surface area contributed by atoms with Crippen molar-refractivity contribution in [1.82, 2.24) is 5.48 Å². The maximum atomic E-state index is 10.7. The van der Waals surface area contributed by atoms with Crippen molar-refractivity contribution < 1.29 is 70.7 Å². The molecule has 1 aliphatic rings. The Hall–Kier alpha value is -1.54. The Bertz CT molecular complexity index is 452. The summed E-state index contributed by atoms with van der Waals surface area (Å²) in [7, 11) is 0. The summed E-state index contributed by atoms with van der Waals surface area (Å²) < 4.78 is 4.38. The smallest absolute Gasteiger partial charge is 0.338 e. The summed E-state index contributed by atoms with van der Waals surface area (Å²) >= 11 is 0. The number of esters is 1. The summed E-state index contributed by atoms with van der Waals surface area (Å²) in [6.45, 7) is -1.43. The minimum absolute atomic E-state index is 0.587. The van der Waals surface area contributed by atoms with Crippen LogP contribution in [0, 0.1) is 0 Å². The van der Waals surface area contributed by atoms with Crippen molar-refractivity contribution >= 4 is 11.9 Å². The molecule has 0 aromatic heterocycles. The zero-order valence-electron chi connectivity index (χ0n) is 14.3. The number of carbonyl (C=O) groups is 2. The van der Waals surface area contributed by atoms with Crippen LogP contribution in [0.5, 0.6) is 0 Å². The number of hydroxylamine groups is 1. The lowest BCUT2D eigenvalue weighted by molar-refractivity contribution is -0.206. The van der Waals surface area contributed by atoms with Crippen LogP contribution in [0.3, 0.4) is 0 Å². The number of nitrogens with two attached hydrogens (primary N) is 1. The largest absolute Gasteiger partial charge is 0.455 e. The van der Waals surface area contributed by atoms with E-state index in [9.17, 15) is 9.59 Å². The second kappa shape index (κ2) is 14.5. The molecule has 0 saturated carbocycles. The molecular formula is C12H26N2O14. The SMILES string of the molecule is NO.O=C(NO)[C@H](O)[C@@H](O)[C@H](O)[C@H](O)CO.O=C1O[C@H](CO)[C@@H](O)[C@H](O)[C@H]1O. The van der Waals surface area contributed by atoms with Crippen molar-refractivity contribution in [3.63, 3.8) is 0 Å². The summed E-state index contributed by atoms with van der Waals surface area (Å²) in [4.78, 5) is 21.2. The number of nitrogens with one attached hydrogen (secondary N) is 1. The van der Waals surface area contributed by atoms with Gasteiger partial charge in [0.25, 0.3) is 5.91 Å². The monoisotopic (exact) mass is 422 g/mol. The van der Waals surface area contributed by atoms with Gasteiger partial charge in [0.15, 0.2) is 18.3 Å². The highest BCUT2D eigenvalue weighted by molar-refractivity contribution is 5.80. The first-order valence-corrected chi connectivity index (χ1v) is 7.41. The zero-order valence-corrected chi connectivity index (χ0v) is 14.3. The van der Waals surface area contributed by atoms with E-state index >= 15 is 0 Å². The van der Waals surface area contributed by atoms with Gasteiger partial charge >= 0.3 is 5.97 Å². The van der Waals surface area contributed by atoms with Crippen LogP contribution >= 0.6 is 0 Å². The molecule has 0 aliphatic carbocycles. The molecule has 16 heteroatoms. The van der Waals surface area contributed by atoms with E-state index < -0.39 is 73.9 Å². The highest BCUT2D eigenvalue weighted by Gasteiger charge is 2.43. The molecule has 16 nitrogen and oxygen atoms in total. The number of rotatable bonds is 6. The van der Waals surface area contributed by atoms with Crippen LogP contribution in [0.1, 0.15) is 0 Å². The van der Waals surface area contributed by atoms with Gasteiger partial charge in [0.05, 0.1) is 13.2 Å². The van der Waals surface area contributed by atoms with E-state index in [1.807, 2.05) is 0 Å². The second-order valence-electron chi connectivity index (χ2n) is 5.24. The van der Waals surface area contributed by atoms with Crippen LogP contribution < -0.4 is 11.4 Å². The Morgan fingerprint density at radius 2 is 1.54 bits per heavy atom. The van der Waals surface area contributed by atoms with E-state index in [4.69, 9.17) is 56.4 Å². The molecule has 1 saturated heterocycles. The standard InChI is InChI=1S/C6H13NO7.C6H10O6.H3NO/c8-1-2(9)3(10)4(11)5(12)6(13)7-14;7-1-2-3(8)4(9)5(10)6(11)12-2;1-2/h2-5,8-12,14H,1H2,(H,7,13);2-5,7-10H,1H2;2H,1H2/t2*2-,3-,4+,5-;/m11./s1. The molecule has 0 aromatic rings.